The maximum Gasteiger partial charge on any atom is 0.263 e. The van der Waals surface area contributed by atoms with E-state index in [0.717, 1.165) is 24.5 Å². The van der Waals surface area contributed by atoms with Crippen LogP contribution in [0, 0.1) is 6.92 Å². The van der Waals surface area contributed by atoms with Crippen LogP contribution in [-0.2, 0) is 0 Å². The third kappa shape index (κ3) is 3.50. The monoisotopic (exact) mass is 277 g/mol. The Labute approximate surface area is 117 Å². The molecule has 0 radical (unpaired) electrons. The lowest BCUT2D eigenvalue weighted by molar-refractivity contribution is 0.151. The number of halogens is 2. The fraction of sp³-hybridized carbons (Fsp3) is 0.333. The van der Waals surface area contributed by atoms with Crippen molar-refractivity contribution in [1.29, 1.82) is 0 Å². The number of hydrogen-bond acceptors (Lipinski definition) is 3. The van der Waals surface area contributed by atoms with Crippen molar-refractivity contribution in [2.24, 2.45) is 0 Å². The second-order valence-electron chi connectivity index (χ2n) is 4.57. The minimum Gasteiger partial charge on any atom is -0.370 e. The largest absolute Gasteiger partial charge is 0.370 e. The summed E-state index contributed by atoms with van der Waals surface area (Å²) in [6.07, 6.45) is -1.50. The molecule has 0 aliphatic heterocycles. The number of anilines is 1. The maximum atomic E-state index is 12.7. The predicted octanol–water partition coefficient (Wildman–Crippen LogP) is 4.21. The van der Waals surface area contributed by atoms with Gasteiger partial charge in [-0.2, -0.15) is 0 Å². The van der Waals surface area contributed by atoms with Crippen LogP contribution < -0.4 is 5.32 Å². The van der Waals surface area contributed by atoms with Crippen LogP contribution in [0.1, 0.15) is 31.0 Å². The van der Waals surface area contributed by atoms with E-state index in [0.29, 0.717) is 11.4 Å². The average molecular weight is 277 g/mol. The van der Waals surface area contributed by atoms with Crippen molar-refractivity contribution >= 4 is 5.82 Å². The van der Waals surface area contributed by atoms with Crippen molar-refractivity contribution in [2.75, 3.05) is 11.9 Å². The second kappa shape index (κ2) is 6.41. The fourth-order valence-electron chi connectivity index (χ4n) is 1.85. The van der Waals surface area contributed by atoms with Gasteiger partial charge in [-0.1, -0.05) is 25.1 Å². The molecule has 0 aliphatic carbocycles. The van der Waals surface area contributed by atoms with Gasteiger partial charge in [-0.3, -0.25) is 0 Å². The quantitative estimate of drug-likeness (QED) is 0.889. The van der Waals surface area contributed by atoms with Gasteiger partial charge >= 0.3 is 0 Å². The molecular formula is C15H17F2N3. The predicted molar refractivity (Wildman–Crippen MR) is 75.9 cm³/mol. The van der Waals surface area contributed by atoms with Gasteiger partial charge in [0, 0.05) is 29.4 Å². The van der Waals surface area contributed by atoms with E-state index in [1.807, 2.05) is 13.0 Å². The van der Waals surface area contributed by atoms with Crippen molar-refractivity contribution in [1.82, 2.24) is 9.97 Å². The Morgan fingerprint density at radius 3 is 2.70 bits per heavy atom. The van der Waals surface area contributed by atoms with Crippen LogP contribution in [0.25, 0.3) is 11.4 Å². The van der Waals surface area contributed by atoms with Gasteiger partial charge in [-0.25, -0.2) is 18.7 Å². The first-order valence-corrected chi connectivity index (χ1v) is 6.58. The summed E-state index contributed by atoms with van der Waals surface area (Å²) in [4.78, 5) is 8.69. The smallest absolute Gasteiger partial charge is 0.263 e. The first kappa shape index (κ1) is 14.4. The first-order valence-electron chi connectivity index (χ1n) is 6.58. The molecular weight excluding hydrogens is 260 g/mol. The topological polar surface area (TPSA) is 37.8 Å². The number of aryl methyl sites for hydroxylation is 1. The Bertz CT molecular complexity index is 585. The Morgan fingerprint density at radius 2 is 2.00 bits per heavy atom. The molecule has 0 bridgehead atoms. The number of aromatic nitrogens is 2. The normalized spacial score (nSPS) is 10.8. The summed E-state index contributed by atoms with van der Waals surface area (Å²) in [5, 5.41) is 3.18. The molecule has 0 spiro atoms. The summed E-state index contributed by atoms with van der Waals surface area (Å²) in [6.45, 7) is 4.74. The van der Waals surface area contributed by atoms with Crippen LogP contribution in [0.15, 0.2) is 30.3 Å². The molecule has 0 saturated carbocycles. The molecule has 0 fully saturated rings. The molecule has 1 heterocycles. The van der Waals surface area contributed by atoms with E-state index < -0.39 is 6.43 Å². The molecule has 0 unspecified atom stereocenters. The summed E-state index contributed by atoms with van der Waals surface area (Å²) >= 11 is 0. The number of nitrogens with one attached hydrogen (secondary N) is 1. The molecule has 1 aromatic carbocycles. The molecule has 20 heavy (non-hydrogen) atoms. The zero-order chi connectivity index (χ0) is 14.5. The second-order valence-corrected chi connectivity index (χ2v) is 4.57. The van der Waals surface area contributed by atoms with Gasteiger partial charge in [0.05, 0.1) is 0 Å². The molecule has 1 N–H and O–H groups in total. The Hall–Kier alpha value is -2.04. The summed E-state index contributed by atoms with van der Waals surface area (Å²) in [7, 11) is 0. The van der Waals surface area contributed by atoms with E-state index in [-0.39, 0.29) is 5.56 Å². The number of rotatable bonds is 5. The molecule has 106 valence electrons. The van der Waals surface area contributed by atoms with Gasteiger partial charge in [-0.05, 0) is 19.4 Å². The van der Waals surface area contributed by atoms with Gasteiger partial charge in [-0.15, -0.1) is 0 Å². The Morgan fingerprint density at radius 1 is 1.20 bits per heavy atom. The van der Waals surface area contributed by atoms with Crippen LogP contribution >= 0.6 is 0 Å². The van der Waals surface area contributed by atoms with Crippen LogP contribution in [-0.4, -0.2) is 16.5 Å². The molecule has 0 saturated heterocycles. The summed E-state index contributed by atoms with van der Waals surface area (Å²) in [5.74, 6) is 1.18. The van der Waals surface area contributed by atoms with E-state index in [4.69, 9.17) is 0 Å². The molecule has 3 nitrogen and oxygen atoms in total. The van der Waals surface area contributed by atoms with E-state index >= 15 is 0 Å². The van der Waals surface area contributed by atoms with Crippen molar-refractivity contribution in [2.45, 2.75) is 26.7 Å². The fourth-order valence-corrected chi connectivity index (χ4v) is 1.85. The van der Waals surface area contributed by atoms with Gasteiger partial charge in [0.2, 0.25) is 0 Å². The molecule has 0 amide bonds. The molecule has 0 atom stereocenters. The Balaban J connectivity index is 2.36. The summed E-state index contributed by atoms with van der Waals surface area (Å²) in [5.41, 5.74) is 1.39. The van der Waals surface area contributed by atoms with E-state index in [2.05, 4.69) is 22.2 Å². The molecule has 1 aromatic heterocycles. The number of nitrogens with zero attached hydrogens (tertiary/aromatic N) is 2. The van der Waals surface area contributed by atoms with Crippen molar-refractivity contribution in [3.8, 4) is 11.4 Å². The van der Waals surface area contributed by atoms with E-state index in [1.54, 1.807) is 12.1 Å². The molecule has 0 aliphatic rings. The molecule has 5 heteroatoms. The van der Waals surface area contributed by atoms with E-state index in [1.165, 1.54) is 12.1 Å². The third-order valence-corrected chi connectivity index (χ3v) is 2.81. The highest BCUT2D eigenvalue weighted by Gasteiger charge is 2.10. The van der Waals surface area contributed by atoms with Gasteiger partial charge in [0.25, 0.3) is 6.43 Å². The van der Waals surface area contributed by atoms with Crippen LogP contribution in [0.2, 0.25) is 0 Å². The minimum absolute atomic E-state index is 0.0179. The molecule has 2 rings (SSSR count). The molecule has 2 aromatic rings. The van der Waals surface area contributed by atoms with Crippen LogP contribution in [0.5, 0.6) is 0 Å². The lowest BCUT2D eigenvalue weighted by atomic mass is 10.1. The van der Waals surface area contributed by atoms with Crippen LogP contribution in [0.3, 0.4) is 0 Å². The maximum absolute atomic E-state index is 12.7. The summed E-state index contributed by atoms with van der Waals surface area (Å²) < 4.78 is 25.5. The first-order chi connectivity index (χ1) is 9.60. The lowest BCUT2D eigenvalue weighted by Gasteiger charge is -2.08. The van der Waals surface area contributed by atoms with Crippen molar-refractivity contribution in [3.05, 3.63) is 41.6 Å². The highest BCUT2D eigenvalue weighted by Crippen LogP contribution is 2.24. The van der Waals surface area contributed by atoms with Crippen molar-refractivity contribution < 1.29 is 8.78 Å². The van der Waals surface area contributed by atoms with Crippen molar-refractivity contribution in [3.63, 3.8) is 0 Å². The standard InChI is InChI=1S/C15H17F2N3/c1-3-7-18-13-8-10(2)19-15(20-13)12-6-4-5-11(9-12)14(16)17/h4-6,8-9,14H,3,7H2,1-2H3,(H,18,19,20). The van der Waals surface area contributed by atoms with Crippen LogP contribution in [0.4, 0.5) is 14.6 Å². The highest BCUT2D eigenvalue weighted by molar-refractivity contribution is 5.58. The SMILES string of the molecule is CCCNc1cc(C)nc(-c2cccc(C(F)F)c2)n1. The zero-order valence-corrected chi connectivity index (χ0v) is 11.5. The zero-order valence-electron chi connectivity index (χ0n) is 11.5. The van der Waals surface area contributed by atoms with E-state index in [9.17, 15) is 8.78 Å². The number of hydrogen-bond donors (Lipinski definition) is 1. The average Bonchev–Trinajstić information content (AvgIpc) is 2.44. The van der Waals surface area contributed by atoms with Gasteiger partial charge in [0.1, 0.15) is 5.82 Å². The lowest BCUT2D eigenvalue weighted by Crippen LogP contribution is -2.04. The minimum atomic E-state index is -2.49. The summed E-state index contributed by atoms with van der Waals surface area (Å²) in [6, 6.07) is 8.02. The third-order valence-electron chi connectivity index (χ3n) is 2.81. The van der Waals surface area contributed by atoms with Gasteiger partial charge in [0.15, 0.2) is 5.82 Å². The number of benzene rings is 1. The highest BCUT2D eigenvalue weighted by atomic mass is 19.3. The number of alkyl halides is 2. The van der Waals surface area contributed by atoms with Gasteiger partial charge < -0.3 is 5.32 Å². The Kier molecular flexibility index (Phi) is 4.61.